The van der Waals surface area contributed by atoms with E-state index in [1.54, 1.807) is 48.8 Å². The van der Waals surface area contributed by atoms with Gasteiger partial charge < -0.3 is 15.4 Å². The number of hydrogen-bond donors (Lipinski definition) is 0. The number of benzene rings is 2. The van der Waals surface area contributed by atoms with Gasteiger partial charge in [-0.05, 0) is 23.5 Å². The van der Waals surface area contributed by atoms with E-state index in [0.717, 1.165) is 24.3 Å². The number of nitrogens with zero attached hydrogens (tertiary/aromatic N) is 2. The summed E-state index contributed by atoms with van der Waals surface area (Å²) in [4.78, 5) is 7.89. The summed E-state index contributed by atoms with van der Waals surface area (Å²) >= 11 is 0. The molecule has 0 bridgehead atoms. The molecule has 0 amide bonds. The first-order chi connectivity index (χ1) is 13.5. The van der Waals surface area contributed by atoms with Crippen LogP contribution in [-0.2, 0) is 20.1 Å². The van der Waals surface area contributed by atoms with Gasteiger partial charge in [-0.1, -0.05) is 47.5 Å². The molecule has 0 spiro atoms. The molecule has 0 fully saturated rings. The number of aromatic nitrogens is 2. The molecule has 157 valence electrons. The fourth-order valence-electron chi connectivity index (χ4n) is 2.30. The smallest absolute Gasteiger partial charge is 0.0408 e. The number of rotatable bonds is 2. The zero-order chi connectivity index (χ0) is 19.9. The summed E-state index contributed by atoms with van der Waals surface area (Å²) in [6.07, 6.45) is 3.10. The van der Waals surface area contributed by atoms with E-state index in [2.05, 4.69) is 22.1 Å². The van der Waals surface area contributed by atoms with E-state index in [9.17, 15) is 17.6 Å². The molecule has 4 rings (SSSR count). The van der Waals surface area contributed by atoms with E-state index in [1.807, 2.05) is 0 Å². The van der Waals surface area contributed by atoms with Gasteiger partial charge in [0.25, 0.3) is 0 Å². The molecule has 30 heavy (non-hydrogen) atoms. The van der Waals surface area contributed by atoms with Crippen molar-refractivity contribution in [3.05, 3.63) is 108 Å². The van der Waals surface area contributed by atoms with E-state index in [-0.39, 0.29) is 36.7 Å². The van der Waals surface area contributed by atoms with Gasteiger partial charge in [0.15, 0.2) is 0 Å². The van der Waals surface area contributed by atoms with Crippen LogP contribution in [-0.4, -0.2) is 15.4 Å². The normalized spacial score (nSPS) is 9.47. The molecule has 0 aliphatic heterocycles. The molecule has 8 heteroatoms. The molecule has 0 atom stereocenters. The van der Waals surface area contributed by atoms with Crippen molar-refractivity contribution in [3.8, 4) is 22.5 Å². The van der Waals surface area contributed by atoms with Gasteiger partial charge in [-0.2, -0.15) is 0 Å². The van der Waals surface area contributed by atoms with E-state index in [4.69, 9.17) is 0 Å². The third kappa shape index (κ3) is 6.56. The molecule has 0 aliphatic rings. The van der Waals surface area contributed by atoms with Crippen LogP contribution in [0.4, 0.5) is 17.6 Å². The van der Waals surface area contributed by atoms with Crippen molar-refractivity contribution in [3.63, 3.8) is 0 Å². The number of hydrogen-bond acceptors (Lipinski definition) is 2. The Bertz CT molecular complexity index is 980. The first kappa shape index (κ1) is 25.1. The summed E-state index contributed by atoms with van der Waals surface area (Å²) in [7, 11) is 0. The van der Waals surface area contributed by atoms with E-state index < -0.39 is 23.3 Å². The average molecular weight is 591 g/mol. The molecule has 2 aromatic carbocycles. The standard InChI is InChI=1S/2C11H6F2N.Ir.H2O/c2*12-8-4-5-9(10(13)7-8)11-3-1-2-6-14-11;;/h2*1-4,6-7H;;1H2/q2*-1;;. The van der Waals surface area contributed by atoms with Gasteiger partial charge in [0, 0.05) is 55.8 Å². The van der Waals surface area contributed by atoms with E-state index in [1.165, 1.54) is 0 Å². The van der Waals surface area contributed by atoms with Gasteiger partial charge in [0.1, 0.15) is 0 Å². The van der Waals surface area contributed by atoms with Gasteiger partial charge >= 0.3 is 0 Å². The summed E-state index contributed by atoms with van der Waals surface area (Å²) in [5, 5.41) is 0. The monoisotopic (exact) mass is 591 g/mol. The zero-order valence-corrected chi connectivity index (χ0v) is 17.6. The summed E-state index contributed by atoms with van der Waals surface area (Å²) in [6, 6.07) is 19.1. The molecule has 0 unspecified atom stereocenters. The number of pyridine rings is 2. The summed E-state index contributed by atoms with van der Waals surface area (Å²) < 4.78 is 51.6. The maximum atomic E-state index is 13.2. The molecule has 0 saturated heterocycles. The Morgan fingerprint density at radius 2 is 1.03 bits per heavy atom. The second kappa shape index (κ2) is 11.9. The van der Waals surface area contributed by atoms with Crippen molar-refractivity contribution >= 4 is 0 Å². The minimum Gasteiger partial charge on any atom is -0.412 e. The maximum Gasteiger partial charge on any atom is 0.0408 e. The molecule has 2 aromatic heterocycles. The topological polar surface area (TPSA) is 57.3 Å². The minimum atomic E-state index is -0.649. The minimum absolute atomic E-state index is 0. The predicted octanol–water partition coefficient (Wildman–Crippen LogP) is 4.83. The van der Waals surface area contributed by atoms with Crippen molar-refractivity contribution in [1.82, 2.24) is 9.97 Å². The Hall–Kier alpha value is -2.93. The van der Waals surface area contributed by atoms with Crippen LogP contribution in [0, 0.1) is 35.4 Å². The molecule has 4 aromatic rings. The van der Waals surface area contributed by atoms with Gasteiger partial charge in [0.05, 0.1) is 0 Å². The SMILES string of the molecule is Fc1c[c-]c(-c2ccccn2)c(F)c1.Fc1c[c-]c(-c2ccccn2)c(F)c1.O.[Ir]. The predicted molar refractivity (Wildman–Crippen MR) is 100 cm³/mol. The van der Waals surface area contributed by atoms with Crippen molar-refractivity contribution in [2.24, 2.45) is 0 Å². The summed E-state index contributed by atoms with van der Waals surface area (Å²) in [5.74, 6) is -2.57. The largest absolute Gasteiger partial charge is 0.412 e. The molecule has 0 saturated carbocycles. The molecule has 0 aliphatic carbocycles. The first-order valence-electron chi connectivity index (χ1n) is 8.11. The maximum absolute atomic E-state index is 13.2. The van der Waals surface area contributed by atoms with Crippen LogP contribution in [0.5, 0.6) is 0 Å². The third-order valence-electron chi connectivity index (χ3n) is 3.56. The molecule has 3 nitrogen and oxygen atoms in total. The molecular weight excluding hydrogens is 576 g/mol. The fraction of sp³-hybridized carbons (Fsp3) is 0. The zero-order valence-electron chi connectivity index (χ0n) is 15.2. The summed E-state index contributed by atoms with van der Waals surface area (Å²) in [5.41, 5.74) is 1.27. The van der Waals surface area contributed by atoms with Gasteiger partial charge in [0.2, 0.25) is 0 Å². The Balaban J connectivity index is 0.000000281. The molecule has 2 heterocycles. The van der Waals surface area contributed by atoms with E-state index in [0.29, 0.717) is 11.4 Å². The van der Waals surface area contributed by atoms with Crippen LogP contribution in [0.2, 0.25) is 0 Å². The van der Waals surface area contributed by atoms with Crippen molar-refractivity contribution in [2.75, 3.05) is 0 Å². The van der Waals surface area contributed by atoms with Crippen LogP contribution >= 0.6 is 0 Å². The second-order valence-electron chi connectivity index (χ2n) is 5.51. The van der Waals surface area contributed by atoms with Crippen molar-refractivity contribution < 1.29 is 43.1 Å². The molecule has 1 radical (unpaired) electrons. The first-order valence-corrected chi connectivity index (χ1v) is 8.11. The Labute approximate surface area is 184 Å². The fourth-order valence-corrected chi connectivity index (χ4v) is 2.30. The van der Waals surface area contributed by atoms with Crippen LogP contribution in [0.3, 0.4) is 0 Å². The van der Waals surface area contributed by atoms with Crippen LogP contribution in [0.15, 0.2) is 73.1 Å². The van der Waals surface area contributed by atoms with E-state index >= 15 is 0 Å². The average Bonchev–Trinajstić information content (AvgIpc) is 2.70. The van der Waals surface area contributed by atoms with Crippen LogP contribution in [0.25, 0.3) is 22.5 Å². The quantitative estimate of drug-likeness (QED) is 0.248. The van der Waals surface area contributed by atoms with Crippen LogP contribution < -0.4 is 0 Å². The Kier molecular flexibility index (Phi) is 9.98. The third-order valence-corrected chi connectivity index (χ3v) is 3.56. The Morgan fingerprint density at radius 1 is 0.633 bits per heavy atom. The summed E-state index contributed by atoms with van der Waals surface area (Å²) in [6.45, 7) is 0. The number of halogens is 4. The van der Waals surface area contributed by atoms with Crippen LogP contribution in [0.1, 0.15) is 0 Å². The Morgan fingerprint density at radius 3 is 1.33 bits per heavy atom. The molecular formula is C22H14F4IrN2O-2. The van der Waals surface area contributed by atoms with Gasteiger partial charge in [-0.15, -0.1) is 24.3 Å². The van der Waals surface area contributed by atoms with Gasteiger partial charge in [-0.3, -0.25) is 17.6 Å². The molecule has 2 N–H and O–H groups in total. The van der Waals surface area contributed by atoms with Crippen molar-refractivity contribution in [1.29, 1.82) is 0 Å². The second-order valence-corrected chi connectivity index (χ2v) is 5.51. The van der Waals surface area contributed by atoms with Crippen molar-refractivity contribution in [2.45, 2.75) is 0 Å². The van der Waals surface area contributed by atoms with Gasteiger partial charge in [-0.25, -0.2) is 0 Å².